The van der Waals surface area contributed by atoms with Crippen LogP contribution in [0.2, 0.25) is 0 Å². The van der Waals surface area contributed by atoms with Crippen LogP contribution in [0.1, 0.15) is 26.2 Å². The number of carbonyl (C=O) groups is 2. The molecule has 0 unspecified atom stereocenters. The highest BCUT2D eigenvalue weighted by Crippen LogP contribution is 2.02. The summed E-state index contributed by atoms with van der Waals surface area (Å²) < 4.78 is 1.92. The van der Waals surface area contributed by atoms with E-state index in [1.807, 2.05) is 17.7 Å². The van der Waals surface area contributed by atoms with Gasteiger partial charge in [0.05, 0.1) is 6.33 Å². The van der Waals surface area contributed by atoms with E-state index in [0.717, 1.165) is 6.42 Å². The highest BCUT2D eigenvalue weighted by atomic mass is 16.2. The molecule has 0 aromatic carbocycles. The predicted molar refractivity (Wildman–Crippen MR) is 69.3 cm³/mol. The Morgan fingerprint density at radius 1 is 1.58 bits per heavy atom. The zero-order chi connectivity index (χ0) is 13.7. The van der Waals surface area contributed by atoms with Crippen molar-refractivity contribution in [3.8, 4) is 0 Å². The highest BCUT2D eigenvalue weighted by Gasteiger charge is 2.20. The van der Waals surface area contributed by atoms with E-state index in [9.17, 15) is 9.59 Å². The van der Waals surface area contributed by atoms with Gasteiger partial charge in [0.1, 0.15) is 5.71 Å². The summed E-state index contributed by atoms with van der Waals surface area (Å²) in [6.45, 7) is 2.67. The largest absolute Gasteiger partial charge is 0.346 e. The van der Waals surface area contributed by atoms with Gasteiger partial charge in [-0.05, 0) is 6.42 Å². The van der Waals surface area contributed by atoms with E-state index < -0.39 is 0 Å². The molecule has 2 N–H and O–H groups in total. The SMILES string of the molecule is CC[C@H](Cn1ccnc1)NC(=O)C1=NNC(=O)CC1. The van der Waals surface area contributed by atoms with Crippen molar-refractivity contribution in [1.82, 2.24) is 20.3 Å². The number of amides is 2. The number of imidazole rings is 1. The van der Waals surface area contributed by atoms with Gasteiger partial charge in [0.15, 0.2) is 0 Å². The zero-order valence-corrected chi connectivity index (χ0v) is 10.8. The van der Waals surface area contributed by atoms with Gasteiger partial charge in [-0.3, -0.25) is 9.59 Å². The summed E-state index contributed by atoms with van der Waals surface area (Å²) in [6, 6.07) is 0.0158. The van der Waals surface area contributed by atoms with Crippen molar-refractivity contribution in [3.05, 3.63) is 18.7 Å². The molecule has 1 aromatic rings. The summed E-state index contributed by atoms with van der Waals surface area (Å²) in [5.74, 6) is -0.367. The van der Waals surface area contributed by atoms with Crippen LogP contribution in [0.3, 0.4) is 0 Å². The van der Waals surface area contributed by atoms with Crippen molar-refractivity contribution in [1.29, 1.82) is 0 Å². The Hall–Kier alpha value is -2.18. The molecule has 0 bridgehead atoms. The van der Waals surface area contributed by atoms with E-state index in [-0.39, 0.29) is 17.9 Å². The molecule has 2 amide bonds. The minimum atomic E-state index is -0.216. The number of nitrogens with one attached hydrogen (secondary N) is 2. The normalized spacial score (nSPS) is 16.5. The van der Waals surface area contributed by atoms with E-state index in [0.29, 0.717) is 25.1 Å². The zero-order valence-electron chi connectivity index (χ0n) is 10.8. The minimum absolute atomic E-state index is 0.0158. The molecule has 0 spiro atoms. The monoisotopic (exact) mass is 263 g/mol. The Bertz CT molecular complexity index is 480. The second kappa shape index (κ2) is 6.12. The molecule has 1 aliphatic rings. The third kappa shape index (κ3) is 3.64. The average Bonchev–Trinajstić information content (AvgIpc) is 2.91. The highest BCUT2D eigenvalue weighted by molar-refractivity contribution is 6.39. The lowest BCUT2D eigenvalue weighted by atomic mass is 10.1. The maximum absolute atomic E-state index is 12.0. The number of rotatable bonds is 5. The molecule has 7 heteroatoms. The lowest BCUT2D eigenvalue weighted by molar-refractivity contribution is -0.121. The Balaban J connectivity index is 1.91. The van der Waals surface area contributed by atoms with Crippen molar-refractivity contribution < 1.29 is 9.59 Å². The molecule has 0 saturated heterocycles. The molecule has 0 saturated carbocycles. The molecular formula is C12H17N5O2. The van der Waals surface area contributed by atoms with Gasteiger partial charge < -0.3 is 9.88 Å². The first-order chi connectivity index (χ1) is 9.19. The average molecular weight is 263 g/mol. The van der Waals surface area contributed by atoms with Gasteiger partial charge in [-0.1, -0.05) is 6.92 Å². The molecule has 19 heavy (non-hydrogen) atoms. The van der Waals surface area contributed by atoms with Crippen LogP contribution >= 0.6 is 0 Å². The van der Waals surface area contributed by atoms with Crippen LogP contribution in [0.5, 0.6) is 0 Å². The number of hydrogen-bond donors (Lipinski definition) is 2. The minimum Gasteiger partial charge on any atom is -0.346 e. The third-order valence-electron chi connectivity index (χ3n) is 2.98. The molecule has 2 rings (SSSR count). The van der Waals surface area contributed by atoms with E-state index in [2.05, 4.69) is 20.8 Å². The van der Waals surface area contributed by atoms with E-state index in [4.69, 9.17) is 0 Å². The van der Waals surface area contributed by atoms with Gasteiger partial charge >= 0.3 is 0 Å². The summed E-state index contributed by atoms with van der Waals surface area (Å²) in [4.78, 5) is 26.9. The summed E-state index contributed by atoms with van der Waals surface area (Å²) in [5, 5.41) is 6.70. The van der Waals surface area contributed by atoms with E-state index in [1.165, 1.54) is 0 Å². The summed E-state index contributed by atoms with van der Waals surface area (Å²) >= 11 is 0. The van der Waals surface area contributed by atoms with E-state index in [1.54, 1.807) is 12.5 Å². The molecular weight excluding hydrogens is 246 g/mol. The Morgan fingerprint density at radius 3 is 3.00 bits per heavy atom. The molecule has 0 aliphatic carbocycles. The number of nitrogens with zero attached hydrogens (tertiary/aromatic N) is 3. The number of hydrazone groups is 1. The molecule has 102 valence electrons. The lowest BCUT2D eigenvalue weighted by Crippen LogP contribution is -2.43. The Labute approximate surface area is 111 Å². The van der Waals surface area contributed by atoms with Gasteiger partial charge in [0.2, 0.25) is 5.91 Å². The standard InChI is InChI=1S/C12H17N5O2/c1-2-9(7-17-6-5-13-8-17)14-12(19)10-3-4-11(18)16-15-10/h5-6,8-9H,2-4,7H2,1H3,(H,14,19)(H,16,18)/t9-/m1/s1. The van der Waals surface area contributed by atoms with E-state index >= 15 is 0 Å². The Kier molecular flexibility index (Phi) is 4.27. The van der Waals surface area contributed by atoms with Crippen molar-refractivity contribution in [3.63, 3.8) is 0 Å². The molecule has 1 aliphatic heterocycles. The third-order valence-corrected chi connectivity index (χ3v) is 2.98. The lowest BCUT2D eigenvalue weighted by Gasteiger charge is -2.19. The maximum Gasteiger partial charge on any atom is 0.267 e. The molecule has 7 nitrogen and oxygen atoms in total. The summed E-state index contributed by atoms with van der Waals surface area (Å²) in [6.07, 6.45) is 6.78. The van der Waals surface area contributed by atoms with Crippen molar-refractivity contribution in [2.45, 2.75) is 38.8 Å². The number of carbonyl (C=O) groups excluding carboxylic acids is 2. The van der Waals surface area contributed by atoms with Crippen molar-refractivity contribution in [2.75, 3.05) is 0 Å². The van der Waals surface area contributed by atoms with Gasteiger partial charge in [0, 0.05) is 37.8 Å². The first-order valence-electron chi connectivity index (χ1n) is 6.31. The predicted octanol–water partition coefficient (Wildman–Crippen LogP) is 0.0439. The topological polar surface area (TPSA) is 88.4 Å². The summed E-state index contributed by atoms with van der Waals surface area (Å²) in [5.41, 5.74) is 2.70. The maximum atomic E-state index is 12.0. The van der Waals surface area contributed by atoms with Crippen LogP contribution in [0, 0.1) is 0 Å². The Morgan fingerprint density at radius 2 is 2.42 bits per heavy atom. The molecule has 1 atom stereocenters. The van der Waals surface area contributed by atoms with Crippen LogP contribution in [0.4, 0.5) is 0 Å². The second-order valence-corrected chi connectivity index (χ2v) is 4.43. The van der Waals surface area contributed by atoms with Crippen LogP contribution in [0.25, 0.3) is 0 Å². The first-order valence-corrected chi connectivity index (χ1v) is 6.31. The molecule has 0 radical (unpaired) electrons. The van der Waals surface area contributed by atoms with Crippen LogP contribution < -0.4 is 10.7 Å². The van der Waals surface area contributed by atoms with Gasteiger partial charge in [-0.15, -0.1) is 0 Å². The first kappa shape index (κ1) is 13.3. The van der Waals surface area contributed by atoms with Crippen molar-refractivity contribution >= 4 is 17.5 Å². The quantitative estimate of drug-likeness (QED) is 0.786. The smallest absolute Gasteiger partial charge is 0.267 e. The number of aromatic nitrogens is 2. The molecule has 1 aromatic heterocycles. The molecule has 2 heterocycles. The number of hydrogen-bond acceptors (Lipinski definition) is 4. The fourth-order valence-electron chi connectivity index (χ4n) is 1.83. The summed E-state index contributed by atoms with van der Waals surface area (Å²) in [7, 11) is 0. The molecule has 0 fully saturated rings. The fourth-order valence-corrected chi connectivity index (χ4v) is 1.83. The fraction of sp³-hybridized carbons (Fsp3) is 0.500. The van der Waals surface area contributed by atoms with Crippen LogP contribution in [0.15, 0.2) is 23.8 Å². The van der Waals surface area contributed by atoms with Crippen molar-refractivity contribution in [2.24, 2.45) is 5.10 Å². The second-order valence-electron chi connectivity index (χ2n) is 4.43. The van der Waals surface area contributed by atoms with Crippen LogP contribution in [-0.4, -0.2) is 33.1 Å². The van der Waals surface area contributed by atoms with Gasteiger partial charge in [-0.25, -0.2) is 10.4 Å². The van der Waals surface area contributed by atoms with Gasteiger partial charge in [-0.2, -0.15) is 5.10 Å². The van der Waals surface area contributed by atoms with Crippen LogP contribution in [-0.2, 0) is 16.1 Å². The van der Waals surface area contributed by atoms with Gasteiger partial charge in [0.25, 0.3) is 5.91 Å².